The van der Waals surface area contributed by atoms with E-state index in [2.05, 4.69) is 20.9 Å². The third-order valence-corrected chi connectivity index (χ3v) is 3.19. The van der Waals surface area contributed by atoms with Gasteiger partial charge in [-0.15, -0.1) is 0 Å². The summed E-state index contributed by atoms with van der Waals surface area (Å²) in [5.74, 6) is -0.954. The van der Waals surface area contributed by atoms with Crippen LogP contribution < -0.4 is 0 Å². The molecule has 0 unspecified atom stereocenters. The number of nitrogens with zero attached hydrogens (tertiary/aromatic N) is 2. The summed E-state index contributed by atoms with van der Waals surface area (Å²) in [5.41, 5.74) is 0.907. The summed E-state index contributed by atoms with van der Waals surface area (Å²) in [7, 11) is 1.32. The fourth-order valence-corrected chi connectivity index (χ4v) is 2.52. The molecule has 0 saturated heterocycles. The van der Waals surface area contributed by atoms with Gasteiger partial charge in [-0.1, -0.05) is 23.7 Å². The second kappa shape index (κ2) is 4.59. The van der Waals surface area contributed by atoms with Gasteiger partial charge in [0.2, 0.25) is 5.82 Å². The van der Waals surface area contributed by atoms with Gasteiger partial charge in [0.25, 0.3) is 0 Å². The van der Waals surface area contributed by atoms with Crippen LogP contribution in [-0.2, 0) is 13.2 Å². The predicted octanol–water partition coefficient (Wildman–Crippen LogP) is 4.52. The van der Waals surface area contributed by atoms with E-state index in [4.69, 9.17) is 11.6 Å². The van der Waals surface area contributed by atoms with Gasteiger partial charge in [0.15, 0.2) is 0 Å². The van der Waals surface area contributed by atoms with Crippen molar-refractivity contribution in [3.8, 4) is 11.3 Å². The van der Waals surface area contributed by atoms with Crippen molar-refractivity contribution in [2.24, 2.45) is 7.05 Å². The highest BCUT2D eigenvalue weighted by Crippen LogP contribution is 2.36. The van der Waals surface area contributed by atoms with Crippen molar-refractivity contribution in [1.82, 2.24) is 9.55 Å². The average Bonchev–Trinajstić information content (AvgIpc) is 2.54. The van der Waals surface area contributed by atoms with E-state index in [0.29, 0.717) is 16.3 Å². The number of alkyl halides is 3. The van der Waals surface area contributed by atoms with Gasteiger partial charge < -0.3 is 4.57 Å². The van der Waals surface area contributed by atoms with E-state index in [1.807, 2.05) is 0 Å². The first-order chi connectivity index (χ1) is 8.30. The number of hydrogen-bond acceptors (Lipinski definition) is 1. The largest absolute Gasteiger partial charge is 0.449 e. The van der Waals surface area contributed by atoms with Crippen LogP contribution in [0, 0.1) is 0 Å². The zero-order valence-corrected chi connectivity index (χ0v) is 11.4. The second-order valence-corrected chi connectivity index (χ2v) is 4.83. The molecule has 0 radical (unpaired) electrons. The first-order valence-electron chi connectivity index (χ1n) is 4.86. The molecular weight excluding hydrogens is 332 g/mol. The fraction of sp³-hybridized carbons (Fsp3) is 0.182. The van der Waals surface area contributed by atoms with Gasteiger partial charge in [-0.25, -0.2) is 4.98 Å². The Labute approximate surface area is 115 Å². The maximum Gasteiger partial charge on any atom is 0.449 e. The van der Waals surface area contributed by atoms with Gasteiger partial charge in [-0.2, -0.15) is 13.2 Å². The first-order valence-corrected chi connectivity index (χ1v) is 6.03. The maximum absolute atomic E-state index is 12.7. The highest BCUT2D eigenvalue weighted by atomic mass is 79.9. The van der Waals surface area contributed by atoms with Gasteiger partial charge in [-0.05, 0) is 28.1 Å². The number of benzene rings is 1. The normalized spacial score (nSPS) is 11.9. The van der Waals surface area contributed by atoms with E-state index < -0.39 is 12.0 Å². The third-order valence-electron chi connectivity index (χ3n) is 2.40. The van der Waals surface area contributed by atoms with Gasteiger partial charge >= 0.3 is 6.18 Å². The number of hydrogen-bond donors (Lipinski definition) is 0. The maximum atomic E-state index is 12.7. The van der Waals surface area contributed by atoms with Crippen molar-refractivity contribution >= 4 is 27.5 Å². The van der Waals surface area contributed by atoms with Gasteiger partial charge in [0.1, 0.15) is 4.60 Å². The van der Waals surface area contributed by atoms with Crippen molar-refractivity contribution < 1.29 is 13.2 Å². The molecular formula is C11H7BrClF3N2. The van der Waals surface area contributed by atoms with Gasteiger partial charge in [0.05, 0.1) is 5.69 Å². The minimum atomic E-state index is -4.49. The highest BCUT2D eigenvalue weighted by Gasteiger charge is 2.37. The predicted molar refractivity (Wildman–Crippen MR) is 66.4 cm³/mol. The molecule has 2 aromatic rings. The van der Waals surface area contributed by atoms with Crippen LogP contribution in [0.1, 0.15) is 5.82 Å². The Hall–Kier alpha value is -1.01. The highest BCUT2D eigenvalue weighted by molar-refractivity contribution is 9.10. The van der Waals surface area contributed by atoms with Crippen molar-refractivity contribution in [3.63, 3.8) is 0 Å². The molecule has 0 N–H and O–H groups in total. The molecule has 1 aromatic carbocycles. The molecule has 2 nitrogen and oxygen atoms in total. The topological polar surface area (TPSA) is 17.8 Å². The first kappa shape index (κ1) is 13.4. The molecule has 96 valence electrons. The lowest BCUT2D eigenvalue weighted by atomic mass is 10.2. The molecule has 0 fully saturated rings. The Kier molecular flexibility index (Phi) is 3.42. The molecule has 0 amide bonds. The summed E-state index contributed by atoms with van der Waals surface area (Å²) in [6, 6.07) is 6.58. The molecule has 0 atom stereocenters. The molecule has 18 heavy (non-hydrogen) atoms. The SMILES string of the molecule is Cn1c(C(F)(F)F)nc(Br)c1-c1cccc(Cl)c1. The quantitative estimate of drug-likeness (QED) is 0.747. The molecule has 0 saturated carbocycles. The zero-order chi connectivity index (χ0) is 13.5. The number of aromatic nitrogens is 2. The Morgan fingerprint density at radius 3 is 2.50 bits per heavy atom. The Bertz CT molecular complexity index is 592. The van der Waals surface area contributed by atoms with Crippen LogP contribution >= 0.6 is 27.5 Å². The van der Waals surface area contributed by atoms with Crippen molar-refractivity contribution in [1.29, 1.82) is 0 Å². The summed E-state index contributed by atoms with van der Waals surface area (Å²) >= 11 is 8.88. The lowest BCUT2D eigenvalue weighted by molar-refractivity contribution is -0.146. The molecule has 7 heteroatoms. The number of imidazole rings is 1. The number of rotatable bonds is 1. The Morgan fingerprint density at radius 1 is 1.33 bits per heavy atom. The molecule has 0 aliphatic heterocycles. The van der Waals surface area contributed by atoms with Crippen molar-refractivity contribution in [2.45, 2.75) is 6.18 Å². The molecule has 2 rings (SSSR count). The Morgan fingerprint density at radius 2 is 2.00 bits per heavy atom. The summed E-state index contributed by atoms with van der Waals surface area (Å²) in [5, 5.41) is 0.453. The summed E-state index contributed by atoms with van der Waals surface area (Å²) < 4.78 is 39.3. The smallest absolute Gasteiger partial charge is 0.323 e. The summed E-state index contributed by atoms with van der Waals surface area (Å²) in [6.45, 7) is 0. The summed E-state index contributed by atoms with van der Waals surface area (Å²) in [4.78, 5) is 3.50. The lowest BCUT2D eigenvalue weighted by Crippen LogP contribution is -2.13. The molecule has 0 aliphatic carbocycles. The van der Waals surface area contributed by atoms with Gasteiger partial charge in [0, 0.05) is 17.6 Å². The van der Waals surface area contributed by atoms with Crippen molar-refractivity contribution in [2.75, 3.05) is 0 Å². The standard InChI is InChI=1S/C11H7BrClF3N2/c1-18-8(6-3-2-4-7(13)5-6)9(12)17-10(18)11(14,15)16/h2-5H,1H3. The van der Waals surface area contributed by atoms with E-state index in [1.54, 1.807) is 24.3 Å². The second-order valence-electron chi connectivity index (χ2n) is 3.64. The zero-order valence-electron chi connectivity index (χ0n) is 9.09. The molecule has 0 aliphatic rings. The molecule has 1 heterocycles. The van der Waals surface area contributed by atoms with Crippen LogP contribution in [0.25, 0.3) is 11.3 Å². The van der Waals surface area contributed by atoms with Crippen molar-refractivity contribution in [3.05, 3.63) is 39.7 Å². The molecule has 0 bridgehead atoms. The van der Waals surface area contributed by atoms with Crippen LogP contribution in [0.3, 0.4) is 0 Å². The van der Waals surface area contributed by atoms with Crippen LogP contribution in [-0.4, -0.2) is 9.55 Å². The average molecular weight is 340 g/mol. The monoisotopic (exact) mass is 338 g/mol. The minimum absolute atomic E-state index is 0.139. The third kappa shape index (κ3) is 2.40. The molecule has 1 aromatic heterocycles. The molecule has 0 spiro atoms. The van der Waals surface area contributed by atoms with Crippen LogP contribution in [0.15, 0.2) is 28.9 Å². The summed E-state index contributed by atoms with van der Waals surface area (Å²) in [6.07, 6.45) is -4.49. The minimum Gasteiger partial charge on any atom is -0.323 e. The number of halogens is 5. The van der Waals surface area contributed by atoms with E-state index in [9.17, 15) is 13.2 Å². The Balaban J connectivity index is 2.63. The van der Waals surface area contributed by atoms with Crippen LogP contribution in [0.4, 0.5) is 13.2 Å². The lowest BCUT2D eigenvalue weighted by Gasteiger charge is -2.08. The van der Waals surface area contributed by atoms with E-state index in [0.717, 1.165) is 4.57 Å². The van der Waals surface area contributed by atoms with E-state index in [-0.39, 0.29) is 4.60 Å². The van der Waals surface area contributed by atoms with E-state index >= 15 is 0 Å². The van der Waals surface area contributed by atoms with Gasteiger partial charge in [-0.3, -0.25) is 0 Å². The van der Waals surface area contributed by atoms with Crippen LogP contribution in [0.5, 0.6) is 0 Å². The van der Waals surface area contributed by atoms with E-state index in [1.165, 1.54) is 7.05 Å². The fourth-order valence-electron chi connectivity index (χ4n) is 1.67. The van der Waals surface area contributed by atoms with Crippen LogP contribution in [0.2, 0.25) is 5.02 Å².